The Balaban J connectivity index is 1.69. The van der Waals surface area contributed by atoms with E-state index in [1.807, 2.05) is 12.1 Å². The molecule has 0 aliphatic heterocycles. The molecule has 0 radical (unpaired) electrons. The van der Waals surface area contributed by atoms with Crippen LogP contribution < -0.4 is 10.6 Å². The summed E-state index contributed by atoms with van der Waals surface area (Å²) in [6.07, 6.45) is 0.232. The minimum absolute atomic E-state index is 0.115. The molecule has 0 saturated carbocycles. The number of hydrogen-bond donors (Lipinski definition) is 2. The van der Waals surface area contributed by atoms with Crippen molar-refractivity contribution >= 4 is 39.3 Å². The molecule has 2 rings (SSSR count). The summed E-state index contributed by atoms with van der Waals surface area (Å²) in [4.78, 5) is 23.6. The number of carbonyl (C=O) groups excluding carboxylic acids is 2. The van der Waals surface area contributed by atoms with Crippen molar-refractivity contribution in [1.29, 1.82) is 0 Å². The Labute approximate surface area is 148 Å². The normalized spacial score (nSPS) is 10.2. The molecule has 0 unspecified atom stereocenters. The van der Waals surface area contributed by atoms with Crippen molar-refractivity contribution in [1.82, 2.24) is 10.6 Å². The lowest BCUT2D eigenvalue weighted by Crippen LogP contribution is -2.30. The Hall–Kier alpha value is -1.85. The number of halogens is 2. The van der Waals surface area contributed by atoms with E-state index in [1.165, 1.54) is 0 Å². The van der Waals surface area contributed by atoms with Crippen LogP contribution in [0.3, 0.4) is 0 Å². The van der Waals surface area contributed by atoms with Gasteiger partial charge in [-0.2, -0.15) is 0 Å². The maximum Gasteiger partial charge on any atom is 0.251 e. The first kappa shape index (κ1) is 17.5. The zero-order chi connectivity index (χ0) is 16.7. The van der Waals surface area contributed by atoms with Gasteiger partial charge in [0, 0.05) is 34.6 Å². The van der Waals surface area contributed by atoms with Crippen molar-refractivity contribution in [2.75, 3.05) is 6.54 Å². The average Bonchev–Trinajstić information content (AvgIpc) is 2.55. The summed E-state index contributed by atoms with van der Waals surface area (Å²) >= 11 is 9.12. The molecular weight excluding hydrogens is 380 g/mol. The summed E-state index contributed by atoms with van der Waals surface area (Å²) in [5.74, 6) is -0.306. The minimum atomic E-state index is -0.192. The number of benzene rings is 2. The van der Waals surface area contributed by atoms with E-state index in [0.717, 1.165) is 10.0 Å². The highest BCUT2D eigenvalue weighted by Gasteiger charge is 2.06. The molecule has 2 N–H and O–H groups in total. The number of rotatable bonds is 6. The smallest absolute Gasteiger partial charge is 0.251 e. The van der Waals surface area contributed by atoms with Crippen molar-refractivity contribution in [3.63, 3.8) is 0 Å². The third-order valence-corrected chi connectivity index (χ3v) is 3.93. The van der Waals surface area contributed by atoms with Gasteiger partial charge in [0.15, 0.2) is 0 Å². The fraction of sp³-hybridized carbons (Fsp3) is 0.176. The maximum absolute atomic E-state index is 11.9. The zero-order valence-corrected chi connectivity index (χ0v) is 14.7. The first-order valence-electron chi connectivity index (χ1n) is 7.09. The molecule has 23 heavy (non-hydrogen) atoms. The van der Waals surface area contributed by atoms with Gasteiger partial charge in [-0.05, 0) is 42.0 Å². The second-order valence-electron chi connectivity index (χ2n) is 4.92. The lowest BCUT2D eigenvalue weighted by molar-refractivity contribution is -0.121. The average molecular weight is 396 g/mol. The van der Waals surface area contributed by atoms with Crippen LogP contribution in [0.4, 0.5) is 0 Å². The van der Waals surface area contributed by atoms with E-state index in [9.17, 15) is 9.59 Å². The van der Waals surface area contributed by atoms with E-state index in [2.05, 4.69) is 26.6 Å². The van der Waals surface area contributed by atoms with Crippen molar-refractivity contribution < 1.29 is 9.59 Å². The number of carbonyl (C=O) groups is 2. The zero-order valence-electron chi connectivity index (χ0n) is 12.3. The quantitative estimate of drug-likeness (QED) is 0.786. The molecule has 0 aromatic heterocycles. The molecule has 0 spiro atoms. The number of nitrogens with one attached hydrogen (secondary N) is 2. The fourth-order valence-electron chi connectivity index (χ4n) is 1.88. The van der Waals surface area contributed by atoms with Crippen LogP contribution in [0.1, 0.15) is 22.3 Å². The number of amides is 2. The van der Waals surface area contributed by atoms with Crippen LogP contribution in [-0.2, 0) is 11.3 Å². The first-order valence-corrected chi connectivity index (χ1v) is 8.26. The standard InChI is InChI=1S/C17H16BrClN2O2/c18-14-5-3-13(4-6-14)17(23)20-10-9-16(22)21-11-12-1-7-15(19)8-2-12/h1-8H,9-11H2,(H,20,23)(H,21,22). The Morgan fingerprint density at radius 1 is 0.957 bits per heavy atom. The van der Waals surface area contributed by atoms with Crippen LogP contribution in [0.15, 0.2) is 53.0 Å². The second kappa shape index (κ2) is 8.70. The molecule has 2 aromatic rings. The van der Waals surface area contributed by atoms with E-state index in [1.54, 1.807) is 36.4 Å². The summed E-state index contributed by atoms with van der Waals surface area (Å²) in [6, 6.07) is 14.3. The molecule has 0 heterocycles. The third kappa shape index (κ3) is 6.04. The van der Waals surface area contributed by atoms with Gasteiger partial charge >= 0.3 is 0 Å². The lowest BCUT2D eigenvalue weighted by atomic mass is 10.2. The Bertz CT molecular complexity index is 672. The highest BCUT2D eigenvalue weighted by atomic mass is 79.9. The van der Waals surface area contributed by atoms with Crippen LogP contribution in [0.2, 0.25) is 5.02 Å². The third-order valence-electron chi connectivity index (χ3n) is 3.15. The van der Waals surface area contributed by atoms with E-state index in [-0.39, 0.29) is 18.2 Å². The summed E-state index contributed by atoms with van der Waals surface area (Å²) in [7, 11) is 0. The molecule has 2 aromatic carbocycles. The van der Waals surface area contributed by atoms with Gasteiger partial charge in [-0.25, -0.2) is 0 Å². The van der Waals surface area contributed by atoms with Crippen molar-refractivity contribution in [3.8, 4) is 0 Å². The Kier molecular flexibility index (Phi) is 6.62. The van der Waals surface area contributed by atoms with Gasteiger partial charge in [0.25, 0.3) is 5.91 Å². The van der Waals surface area contributed by atoms with Gasteiger partial charge in [-0.1, -0.05) is 39.7 Å². The topological polar surface area (TPSA) is 58.2 Å². The SMILES string of the molecule is O=C(CCNC(=O)c1ccc(Br)cc1)NCc1ccc(Cl)cc1. The van der Waals surface area contributed by atoms with Crippen LogP contribution in [-0.4, -0.2) is 18.4 Å². The largest absolute Gasteiger partial charge is 0.352 e. The first-order chi connectivity index (χ1) is 11.0. The van der Waals surface area contributed by atoms with Gasteiger partial charge in [0.1, 0.15) is 0 Å². The molecule has 0 aliphatic rings. The summed E-state index contributed by atoms with van der Waals surface area (Å²) in [6.45, 7) is 0.734. The monoisotopic (exact) mass is 394 g/mol. The van der Waals surface area contributed by atoms with Crippen LogP contribution in [0.5, 0.6) is 0 Å². The molecule has 0 bridgehead atoms. The van der Waals surface area contributed by atoms with Crippen LogP contribution in [0, 0.1) is 0 Å². The van der Waals surface area contributed by atoms with Gasteiger partial charge in [-0.3, -0.25) is 9.59 Å². The van der Waals surface area contributed by atoms with E-state index < -0.39 is 0 Å². The molecule has 6 heteroatoms. The molecule has 0 saturated heterocycles. The predicted octanol–water partition coefficient (Wildman–Crippen LogP) is 3.54. The Morgan fingerprint density at radius 3 is 2.26 bits per heavy atom. The van der Waals surface area contributed by atoms with Crippen molar-refractivity contribution in [2.45, 2.75) is 13.0 Å². The summed E-state index contributed by atoms with van der Waals surface area (Å²) in [5, 5.41) is 6.19. The summed E-state index contributed by atoms with van der Waals surface area (Å²) < 4.78 is 0.913. The van der Waals surface area contributed by atoms with Crippen molar-refractivity contribution in [3.05, 3.63) is 69.2 Å². The van der Waals surface area contributed by atoms with Gasteiger partial charge in [0.05, 0.1) is 0 Å². The highest BCUT2D eigenvalue weighted by molar-refractivity contribution is 9.10. The molecule has 0 aliphatic carbocycles. The van der Waals surface area contributed by atoms with Crippen LogP contribution >= 0.6 is 27.5 Å². The van der Waals surface area contributed by atoms with E-state index >= 15 is 0 Å². The minimum Gasteiger partial charge on any atom is -0.352 e. The molecule has 2 amide bonds. The lowest BCUT2D eigenvalue weighted by Gasteiger charge is -2.07. The van der Waals surface area contributed by atoms with Gasteiger partial charge in [-0.15, -0.1) is 0 Å². The molecule has 0 atom stereocenters. The van der Waals surface area contributed by atoms with Crippen LogP contribution in [0.25, 0.3) is 0 Å². The predicted molar refractivity (Wildman–Crippen MR) is 94.4 cm³/mol. The fourth-order valence-corrected chi connectivity index (χ4v) is 2.27. The Morgan fingerprint density at radius 2 is 1.61 bits per heavy atom. The van der Waals surface area contributed by atoms with E-state index in [0.29, 0.717) is 23.7 Å². The molecule has 120 valence electrons. The van der Waals surface area contributed by atoms with Gasteiger partial charge in [0.2, 0.25) is 5.91 Å². The van der Waals surface area contributed by atoms with Gasteiger partial charge < -0.3 is 10.6 Å². The molecule has 4 nitrogen and oxygen atoms in total. The maximum atomic E-state index is 11.9. The molecular formula is C17H16BrClN2O2. The molecule has 0 fully saturated rings. The number of hydrogen-bond acceptors (Lipinski definition) is 2. The van der Waals surface area contributed by atoms with Crippen molar-refractivity contribution in [2.24, 2.45) is 0 Å². The second-order valence-corrected chi connectivity index (χ2v) is 6.27. The highest BCUT2D eigenvalue weighted by Crippen LogP contribution is 2.10. The summed E-state index contributed by atoms with van der Waals surface area (Å²) in [5.41, 5.74) is 1.54. The van der Waals surface area contributed by atoms with E-state index in [4.69, 9.17) is 11.6 Å².